The Bertz CT molecular complexity index is 482. The first-order chi connectivity index (χ1) is 9.10. The molecule has 2 aliphatic heterocycles. The minimum absolute atomic E-state index is 0.187. The Labute approximate surface area is 118 Å². The normalized spacial score (nSPS) is 29.8. The van der Waals surface area contributed by atoms with Crippen molar-refractivity contribution in [3.63, 3.8) is 0 Å². The summed E-state index contributed by atoms with van der Waals surface area (Å²) in [4.78, 5) is 16.9. The van der Waals surface area contributed by atoms with Gasteiger partial charge in [-0.25, -0.2) is 0 Å². The number of hydrogen-bond acceptors (Lipinski definition) is 3. The lowest BCUT2D eigenvalue weighted by atomic mass is 9.99. The van der Waals surface area contributed by atoms with Gasteiger partial charge in [0.1, 0.15) is 0 Å². The first-order valence-electron chi connectivity index (χ1n) is 7.20. The van der Waals surface area contributed by atoms with Crippen LogP contribution in [-0.2, 0) is 6.42 Å². The largest absolute Gasteiger partial charge is 0.393 e. The molecule has 2 fully saturated rings. The summed E-state index contributed by atoms with van der Waals surface area (Å²) in [6.45, 7) is 4.22. The molecule has 3 rings (SSSR count). The van der Waals surface area contributed by atoms with Gasteiger partial charge in [0.25, 0.3) is 5.91 Å². The maximum absolute atomic E-state index is 12.7. The summed E-state index contributed by atoms with van der Waals surface area (Å²) in [6.07, 6.45) is 4.40. The van der Waals surface area contributed by atoms with Crippen LogP contribution in [0.25, 0.3) is 0 Å². The molecule has 19 heavy (non-hydrogen) atoms. The molecule has 1 N–H and O–H groups in total. The molecule has 0 aromatic carbocycles. The number of carbonyl (C=O) groups excluding carboxylic acids is 1. The molecule has 1 amide bonds. The molecule has 2 saturated heterocycles. The lowest BCUT2D eigenvalue weighted by Gasteiger charge is -2.36. The molecule has 2 atom stereocenters. The van der Waals surface area contributed by atoms with Gasteiger partial charge in [-0.3, -0.25) is 4.79 Å². The van der Waals surface area contributed by atoms with Crippen molar-refractivity contribution in [2.24, 2.45) is 0 Å². The van der Waals surface area contributed by atoms with Crippen molar-refractivity contribution in [3.8, 4) is 0 Å². The Hall–Kier alpha value is -0.870. The molecular formula is C15H21NO2S. The summed E-state index contributed by atoms with van der Waals surface area (Å²) in [7, 11) is 0. The SMILES string of the molecule is CCc1cc(C(=O)N2C3CCC2CC(O)C3)sc1C. The molecule has 1 aromatic rings. The summed E-state index contributed by atoms with van der Waals surface area (Å²) >= 11 is 1.62. The van der Waals surface area contributed by atoms with Crippen LogP contribution in [0.4, 0.5) is 0 Å². The van der Waals surface area contributed by atoms with Crippen LogP contribution in [0.3, 0.4) is 0 Å². The molecule has 2 unspecified atom stereocenters. The van der Waals surface area contributed by atoms with E-state index in [9.17, 15) is 9.90 Å². The van der Waals surface area contributed by atoms with E-state index in [-0.39, 0.29) is 24.1 Å². The third kappa shape index (κ3) is 2.21. The highest BCUT2D eigenvalue weighted by Crippen LogP contribution is 2.37. The van der Waals surface area contributed by atoms with Crippen LogP contribution in [0.2, 0.25) is 0 Å². The first kappa shape index (κ1) is 13.1. The second-order valence-electron chi connectivity index (χ2n) is 5.77. The molecule has 1 aromatic heterocycles. The van der Waals surface area contributed by atoms with E-state index in [4.69, 9.17) is 0 Å². The highest BCUT2D eigenvalue weighted by atomic mass is 32.1. The van der Waals surface area contributed by atoms with Gasteiger partial charge in [-0.1, -0.05) is 6.92 Å². The van der Waals surface area contributed by atoms with Crippen LogP contribution in [0.15, 0.2) is 6.07 Å². The average molecular weight is 279 g/mol. The average Bonchev–Trinajstić information content (AvgIpc) is 2.87. The second-order valence-corrected chi connectivity index (χ2v) is 7.02. The maximum Gasteiger partial charge on any atom is 0.264 e. The number of aryl methyl sites for hydroxylation is 2. The van der Waals surface area contributed by atoms with Crippen LogP contribution >= 0.6 is 11.3 Å². The fourth-order valence-corrected chi connectivity index (χ4v) is 4.64. The molecule has 3 nitrogen and oxygen atoms in total. The van der Waals surface area contributed by atoms with E-state index in [1.165, 1.54) is 10.4 Å². The van der Waals surface area contributed by atoms with Crippen molar-refractivity contribution >= 4 is 17.2 Å². The van der Waals surface area contributed by atoms with E-state index in [0.717, 1.165) is 37.0 Å². The predicted octanol–water partition coefficient (Wildman–Crippen LogP) is 2.75. The molecule has 4 heteroatoms. The summed E-state index contributed by atoms with van der Waals surface area (Å²) in [5, 5.41) is 9.81. The van der Waals surface area contributed by atoms with Gasteiger partial charge in [-0.2, -0.15) is 0 Å². The number of rotatable bonds is 2. The smallest absolute Gasteiger partial charge is 0.264 e. The van der Waals surface area contributed by atoms with Gasteiger partial charge in [-0.15, -0.1) is 11.3 Å². The van der Waals surface area contributed by atoms with Crippen molar-refractivity contribution < 1.29 is 9.90 Å². The molecule has 0 saturated carbocycles. The zero-order valence-corrected chi connectivity index (χ0v) is 12.4. The Morgan fingerprint density at radius 3 is 2.58 bits per heavy atom. The minimum Gasteiger partial charge on any atom is -0.393 e. The number of fused-ring (bicyclic) bond motifs is 2. The van der Waals surface area contributed by atoms with E-state index in [1.807, 2.05) is 0 Å². The third-order valence-electron chi connectivity index (χ3n) is 4.55. The zero-order chi connectivity index (χ0) is 13.6. The van der Waals surface area contributed by atoms with Crippen molar-refractivity contribution in [3.05, 3.63) is 21.4 Å². The van der Waals surface area contributed by atoms with Gasteiger partial charge in [0.15, 0.2) is 0 Å². The van der Waals surface area contributed by atoms with Crippen LogP contribution in [-0.4, -0.2) is 34.1 Å². The lowest BCUT2D eigenvalue weighted by Crippen LogP contribution is -2.47. The number of piperidine rings is 1. The standard InChI is InChI=1S/C15H21NO2S/c1-3-10-6-14(19-9(10)2)15(18)16-11-4-5-12(16)8-13(17)7-11/h6,11-13,17H,3-5,7-8H2,1-2H3. The molecule has 0 aliphatic carbocycles. The van der Waals surface area contributed by atoms with E-state index in [2.05, 4.69) is 24.8 Å². The molecule has 0 spiro atoms. The highest BCUT2D eigenvalue weighted by Gasteiger charge is 2.43. The van der Waals surface area contributed by atoms with Crippen molar-refractivity contribution in [1.29, 1.82) is 0 Å². The number of nitrogens with zero attached hydrogens (tertiary/aromatic N) is 1. The first-order valence-corrected chi connectivity index (χ1v) is 8.01. The molecule has 2 bridgehead atoms. The van der Waals surface area contributed by atoms with Crippen molar-refractivity contribution in [2.75, 3.05) is 0 Å². The summed E-state index contributed by atoms with van der Waals surface area (Å²) in [6, 6.07) is 2.58. The Morgan fingerprint density at radius 2 is 2.05 bits per heavy atom. The number of amides is 1. The molecule has 104 valence electrons. The predicted molar refractivity (Wildman–Crippen MR) is 76.7 cm³/mol. The van der Waals surface area contributed by atoms with Crippen molar-refractivity contribution in [1.82, 2.24) is 4.90 Å². The molecular weight excluding hydrogens is 258 g/mol. The van der Waals surface area contributed by atoms with E-state index >= 15 is 0 Å². The Balaban J connectivity index is 1.84. The van der Waals surface area contributed by atoms with E-state index in [0.29, 0.717) is 0 Å². The topological polar surface area (TPSA) is 40.5 Å². The van der Waals surface area contributed by atoms with E-state index in [1.54, 1.807) is 11.3 Å². The third-order valence-corrected chi connectivity index (χ3v) is 5.64. The molecule has 0 radical (unpaired) electrons. The summed E-state index contributed by atoms with van der Waals surface area (Å²) in [5.41, 5.74) is 1.29. The number of aliphatic hydroxyl groups excluding tert-OH is 1. The fourth-order valence-electron chi connectivity index (χ4n) is 3.58. The number of carbonyl (C=O) groups is 1. The van der Waals surface area contributed by atoms with E-state index < -0.39 is 0 Å². The highest BCUT2D eigenvalue weighted by molar-refractivity contribution is 7.14. The summed E-state index contributed by atoms with van der Waals surface area (Å²) < 4.78 is 0. The molecule has 2 aliphatic rings. The van der Waals surface area contributed by atoms with Gasteiger partial charge in [-0.05, 0) is 50.7 Å². The van der Waals surface area contributed by atoms with Gasteiger partial charge in [0, 0.05) is 17.0 Å². The second kappa shape index (κ2) is 4.91. The van der Waals surface area contributed by atoms with Gasteiger partial charge in [0.2, 0.25) is 0 Å². The zero-order valence-electron chi connectivity index (χ0n) is 11.6. The molecule has 3 heterocycles. The summed E-state index contributed by atoms with van der Waals surface area (Å²) in [5.74, 6) is 0.187. The van der Waals surface area contributed by atoms with Gasteiger partial charge in [0.05, 0.1) is 11.0 Å². The fraction of sp³-hybridized carbons (Fsp3) is 0.667. The Kier molecular flexibility index (Phi) is 3.39. The monoisotopic (exact) mass is 279 g/mol. The van der Waals surface area contributed by atoms with Crippen LogP contribution in [0, 0.1) is 6.92 Å². The van der Waals surface area contributed by atoms with Gasteiger partial charge < -0.3 is 10.0 Å². The van der Waals surface area contributed by atoms with Crippen LogP contribution < -0.4 is 0 Å². The number of thiophene rings is 1. The number of hydrogen-bond donors (Lipinski definition) is 1. The van der Waals surface area contributed by atoms with Crippen LogP contribution in [0.5, 0.6) is 0 Å². The van der Waals surface area contributed by atoms with Crippen LogP contribution in [0.1, 0.15) is 52.7 Å². The maximum atomic E-state index is 12.7. The Morgan fingerprint density at radius 1 is 1.42 bits per heavy atom. The lowest BCUT2D eigenvalue weighted by molar-refractivity contribution is 0.0290. The number of aliphatic hydroxyl groups is 1. The van der Waals surface area contributed by atoms with Crippen molar-refractivity contribution in [2.45, 2.75) is 64.1 Å². The van der Waals surface area contributed by atoms with Gasteiger partial charge >= 0.3 is 0 Å². The minimum atomic E-state index is -0.210. The quantitative estimate of drug-likeness (QED) is 0.904.